The van der Waals surface area contributed by atoms with Gasteiger partial charge in [-0.3, -0.25) is 9.59 Å². The van der Waals surface area contributed by atoms with Crippen LogP contribution in [-0.2, 0) is 0 Å². The number of halogens is 1. The van der Waals surface area contributed by atoms with Gasteiger partial charge in [-0.15, -0.1) is 0 Å². The molecule has 1 aromatic heterocycles. The molecule has 0 amide bonds. The number of hydrogen-bond acceptors (Lipinski definition) is 4. The predicted octanol–water partition coefficient (Wildman–Crippen LogP) is 4.51. The lowest BCUT2D eigenvalue weighted by atomic mass is 9.99. The molecule has 3 aromatic rings. The zero-order valence-corrected chi connectivity index (χ0v) is 15.6. The van der Waals surface area contributed by atoms with Crippen LogP contribution in [0.25, 0.3) is 11.0 Å². The van der Waals surface area contributed by atoms with Crippen LogP contribution in [0.1, 0.15) is 34.7 Å². The topological polar surface area (TPSA) is 50.5 Å². The van der Waals surface area contributed by atoms with Crippen LogP contribution in [0.2, 0.25) is 5.02 Å². The van der Waals surface area contributed by atoms with Gasteiger partial charge in [0.1, 0.15) is 5.58 Å². The second-order valence-electron chi connectivity index (χ2n) is 7.01. The Kier molecular flexibility index (Phi) is 5.10. The van der Waals surface area contributed by atoms with Crippen molar-refractivity contribution in [2.24, 2.45) is 0 Å². The fraction of sp³-hybridized carbons (Fsp3) is 0.273. The Bertz CT molecular complexity index is 1030. The lowest BCUT2D eigenvalue weighted by Crippen LogP contribution is -2.23. The number of ketones is 1. The molecular formula is C22H20ClNO3. The summed E-state index contributed by atoms with van der Waals surface area (Å²) in [5, 5.41) is 1.20. The standard InChI is InChI=1S/C22H20ClNO3/c23-18-4-1-15(2-5-18)17-7-10-24(14-17)11-8-20(25)16-3-6-22-19(13-16)21(26)9-12-27-22/h1-6,9,12-13,17H,7-8,10-11,14H2. The van der Waals surface area contributed by atoms with Crippen LogP contribution >= 0.6 is 11.6 Å². The largest absolute Gasteiger partial charge is 0.464 e. The van der Waals surface area contributed by atoms with Gasteiger partial charge in [-0.05, 0) is 54.8 Å². The van der Waals surface area contributed by atoms with Gasteiger partial charge in [-0.2, -0.15) is 0 Å². The highest BCUT2D eigenvalue weighted by atomic mass is 35.5. The summed E-state index contributed by atoms with van der Waals surface area (Å²) in [6.07, 6.45) is 2.90. The second kappa shape index (κ2) is 7.67. The van der Waals surface area contributed by atoms with Gasteiger partial charge in [0.2, 0.25) is 0 Å². The normalized spacial score (nSPS) is 17.4. The van der Waals surface area contributed by atoms with Crippen molar-refractivity contribution < 1.29 is 9.21 Å². The molecule has 0 N–H and O–H groups in total. The van der Waals surface area contributed by atoms with Gasteiger partial charge in [0.05, 0.1) is 11.6 Å². The first kappa shape index (κ1) is 18.0. The quantitative estimate of drug-likeness (QED) is 0.610. The molecular weight excluding hydrogens is 362 g/mol. The Labute approximate surface area is 162 Å². The molecule has 1 atom stereocenters. The highest BCUT2D eigenvalue weighted by molar-refractivity contribution is 6.30. The summed E-state index contributed by atoms with van der Waals surface area (Å²) in [5.41, 5.74) is 2.24. The van der Waals surface area contributed by atoms with Crippen molar-refractivity contribution in [1.82, 2.24) is 4.90 Å². The van der Waals surface area contributed by atoms with Gasteiger partial charge in [0.25, 0.3) is 0 Å². The SMILES string of the molecule is O=C(CCN1CCC(c2ccc(Cl)cc2)C1)c1ccc2occc(=O)c2c1. The summed E-state index contributed by atoms with van der Waals surface area (Å²) >= 11 is 5.96. The smallest absolute Gasteiger partial charge is 0.192 e. The Balaban J connectivity index is 1.38. The van der Waals surface area contributed by atoms with E-state index in [1.54, 1.807) is 18.2 Å². The third-order valence-electron chi connectivity index (χ3n) is 5.25. The number of likely N-dealkylation sites (tertiary alicyclic amines) is 1. The van der Waals surface area contributed by atoms with Crippen molar-refractivity contribution >= 4 is 28.4 Å². The van der Waals surface area contributed by atoms with Gasteiger partial charge in [-0.1, -0.05) is 23.7 Å². The number of carbonyl (C=O) groups is 1. The molecule has 1 fully saturated rings. The summed E-state index contributed by atoms with van der Waals surface area (Å²) in [6.45, 7) is 2.67. The molecule has 4 rings (SSSR count). The van der Waals surface area contributed by atoms with Crippen LogP contribution in [0.5, 0.6) is 0 Å². The van der Waals surface area contributed by atoms with Crippen molar-refractivity contribution in [2.75, 3.05) is 19.6 Å². The van der Waals surface area contributed by atoms with Crippen molar-refractivity contribution in [2.45, 2.75) is 18.8 Å². The summed E-state index contributed by atoms with van der Waals surface area (Å²) in [5.74, 6) is 0.540. The van der Waals surface area contributed by atoms with Crippen LogP contribution in [-0.4, -0.2) is 30.3 Å². The molecule has 1 unspecified atom stereocenters. The summed E-state index contributed by atoms with van der Waals surface area (Å²) in [7, 11) is 0. The minimum atomic E-state index is -0.128. The molecule has 1 aliphatic heterocycles. The van der Waals surface area contributed by atoms with Crippen LogP contribution in [0, 0.1) is 0 Å². The van der Waals surface area contributed by atoms with E-state index in [9.17, 15) is 9.59 Å². The van der Waals surface area contributed by atoms with Crippen molar-refractivity contribution in [1.29, 1.82) is 0 Å². The van der Waals surface area contributed by atoms with Gasteiger partial charge < -0.3 is 9.32 Å². The maximum atomic E-state index is 12.6. The molecule has 138 valence electrons. The minimum Gasteiger partial charge on any atom is -0.464 e. The van der Waals surface area contributed by atoms with E-state index < -0.39 is 0 Å². The Morgan fingerprint density at radius 3 is 2.78 bits per heavy atom. The fourth-order valence-electron chi connectivity index (χ4n) is 3.70. The number of nitrogens with zero attached hydrogens (tertiary/aromatic N) is 1. The fourth-order valence-corrected chi connectivity index (χ4v) is 3.83. The molecule has 5 heteroatoms. The third-order valence-corrected chi connectivity index (χ3v) is 5.50. The first-order chi connectivity index (χ1) is 13.1. The highest BCUT2D eigenvalue weighted by Crippen LogP contribution is 2.28. The van der Waals surface area contributed by atoms with E-state index in [2.05, 4.69) is 17.0 Å². The first-order valence-corrected chi connectivity index (χ1v) is 9.50. The lowest BCUT2D eigenvalue weighted by Gasteiger charge is -2.16. The van der Waals surface area contributed by atoms with Crippen molar-refractivity contribution in [3.63, 3.8) is 0 Å². The van der Waals surface area contributed by atoms with Crippen molar-refractivity contribution in [3.05, 3.63) is 81.2 Å². The van der Waals surface area contributed by atoms with Gasteiger partial charge in [-0.25, -0.2) is 0 Å². The molecule has 0 aliphatic carbocycles. The Hall–Kier alpha value is -2.43. The van der Waals surface area contributed by atoms with E-state index in [1.807, 2.05) is 12.1 Å². The van der Waals surface area contributed by atoms with Crippen LogP contribution in [0.15, 0.2) is 64.0 Å². The van der Waals surface area contributed by atoms with Gasteiger partial charge in [0, 0.05) is 36.2 Å². The molecule has 2 heterocycles. The number of Topliss-reactive ketones (excluding diaryl/α,β-unsaturated/α-hetero) is 1. The second-order valence-corrected chi connectivity index (χ2v) is 7.44. The van der Waals surface area contributed by atoms with E-state index in [1.165, 1.54) is 17.9 Å². The maximum absolute atomic E-state index is 12.6. The molecule has 0 bridgehead atoms. The molecule has 2 aromatic carbocycles. The van der Waals surface area contributed by atoms with E-state index >= 15 is 0 Å². The Morgan fingerprint density at radius 1 is 1.15 bits per heavy atom. The number of carbonyl (C=O) groups excluding carboxylic acids is 1. The third kappa shape index (κ3) is 3.97. The van der Waals surface area contributed by atoms with Gasteiger partial charge in [0.15, 0.2) is 11.2 Å². The maximum Gasteiger partial charge on any atom is 0.192 e. The Morgan fingerprint density at radius 2 is 1.96 bits per heavy atom. The van der Waals surface area contributed by atoms with E-state index in [0.29, 0.717) is 28.9 Å². The zero-order valence-electron chi connectivity index (χ0n) is 14.9. The van der Waals surface area contributed by atoms with E-state index in [-0.39, 0.29) is 11.2 Å². The summed E-state index contributed by atoms with van der Waals surface area (Å²) in [4.78, 5) is 26.8. The van der Waals surface area contributed by atoms with Gasteiger partial charge >= 0.3 is 0 Å². The molecule has 1 aliphatic rings. The molecule has 0 radical (unpaired) electrons. The molecule has 1 saturated heterocycles. The molecule has 4 nitrogen and oxygen atoms in total. The summed E-state index contributed by atoms with van der Waals surface area (Å²) < 4.78 is 5.30. The monoisotopic (exact) mass is 381 g/mol. The molecule has 0 spiro atoms. The van der Waals surface area contributed by atoms with Crippen LogP contribution in [0.3, 0.4) is 0 Å². The highest BCUT2D eigenvalue weighted by Gasteiger charge is 2.24. The number of benzene rings is 2. The van der Waals surface area contributed by atoms with Crippen LogP contribution < -0.4 is 5.43 Å². The first-order valence-electron chi connectivity index (χ1n) is 9.13. The minimum absolute atomic E-state index is 0.0510. The number of rotatable bonds is 5. The number of fused-ring (bicyclic) bond motifs is 1. The number of hydrogen-bond donors (Lipinski definition) is 0. The van der Waals surface area contributed by atoms with Crippen LogP contribution in [0.4, 0.5) is 0 Å². The average Bonchev–Trinajstić information content (AvgIpc) is 3.16. The predicted molar refractivity (Wildman–Crippen MR) is 107 cm³/mol. The van der Waals surface area contributed by atoms with E-state index in [4.69, 9.17) is 16.0 Å². The molecule has 27 heavy (non-hydrogen) atoms. The molecule has 0 saturated carbocycles. The lowest BCUT2D eigenvalue weighted by molar-refractivity contribution is 0.0969. The average molecular weight is 382 g/mol. The summed E-state index contributed by atoms with van der Waals surface area (Å²) in [6, 6.07) is 14.5. The van der Waals surface area contributed by atoms with E-state index in [0.717, 1.165) is 31.1 Å². The zero-order chi connectivity index (χ0) is 18.8. The van der Waals surface area contributed by atoms with Crippen molar-refractivity contribution in [3.8, 4) is 0 Å².